The Hall–Kier alpha value is -2.12. The van der Waals surface area contributed by atoms with Gasteiger partial charge in [0.05, 0.1) is 0 Å². The van der Waals surface area contributed by atoms with Crippen LogP contribution < -0.4 is 0 Å². The largest absolute Gasteiger partial charge is 0.0622 e. The maximum Gasteiger partial charge on any atom is 0.0332 e. The summed E-state index contributed by atoms with van der Waals surface area (Å²) in [5.41, 5.74) is 7.38. The van der Waals surface area contributed by atoms with Crippen molar-refractivity contribution in [3.8, 4) is 0 Å². The van der Waals surface area contributed by atoms with Crippen molar-refractivity contribution < 1.29 is 0 Å². The molecule has 1 heteroatoms. The van der Waals surface area contributed by atoms with Crippen molar-refractivity contribution in [3.63, 3.8) is 0 Å². The van der Waals surface area contributed by atoms with Gasteiger partial charge >= 0.3 is 0 Å². The molecule has 0 heterocycles. The van der Waals surface area contributed by atoms with Gasteiger partial charge in [-0.2, -0.15) is 0 Å². The molecule has 114 valence electrons. The standard InChI is InChI=1S/C22H19Br/c1-16-8-12-19(13-9-16)21(18-6-4-3-5-7-18)22(23)20-14-10-17(2)11-15-20/h3-15H,1-2H3/b22-21-. The van der Waals surface area contributed by atoms with E-state index in [1.54, 1.807) is 0 Å². The van der Waals surface area contributed by atoms with E-state index in [1.807, 2.05) is 0 Å². The van der Waals surface area contributed by atoms with Gasteiger partial charge in [-0.15, -0.1) is 0 Å². The normalized spacial score (nSPS) is 12.0. The predicted molar refractivity (Wildman–Crippen MR) is 104 cm³/mol. The Bertz CT molecular complexity index is 810. The van der Waals surface area contributed by atoms with Crippen molar-refractivity contribution in [2.75, 3.05) is 0 Å². The summed E-state index contributed by atoms with van der Waals surface area (Å²) in [4.78, 5) is 0. The smallest absolute Gasteiger partial charge is 0.0332 e. The number of benzene rings is 3. The molecule has 0 radical (unpaired) electrons. The average Bonchev–Trinajstić information content (AvgIpc) is 2.58. The monoisotopic (exact) mass is 362 g/mol. The number of halogens is 1. The lowest BCUT2D eigenvalue weighted by Crippen LogP contribution is -1.92. The second kappa shape index (κ2) is 6.97. The molecule has 0 N–H and O–H groups in total. The molecule has 0 nitrogen and oxygen atoms in total. The summed E-state index contributed by atoms with van der Waals surface area (Å²) in [5, 5.41) is 0. The SMILES string of the molecule is Cc1ccc(/C(Br)=C(\c2ccccc2)c2ccc(C)cc2)cc1. The predicted octanol–water partition coefficient (Wildman–Crippen LogP) is 6.61. The summed E-state index contributed by atoms with van der Waals surface area (Å²) in [7, 11) is 0. The third kappa shape index (κ3) is 3.62. The number of rotatable bonds is 3. The van der Waals surface area contributed by atoms with Gasteiger partial charge in [0.2, 0.25) is 0 Å². The van der Waals surface area contributed by atoms with E-state index in [0.29, 0.717) is 0 Å². The molecule has 0 saturated carbocycles. The van der Waals surface area contributed by atoms with Crippen molar-refractivity contribution in [2.45, 2.75) is 13.8 Å². The van der Waals surface area contributed by atoms with Crippen LogP contribution in [0.3, 0.4) is 0 Å². The summed E-state index contributed by atoms with van der Waals surface area (Å²) in [6.07, 6.45) is 0. The summed E-state index contributed by atoms with van der Waals surface area (Å²) in [6, 6.07) is 27.8. The molecule has 0 saturated heterocycles. The molecule has 0 aliphatic carbocycles. The van der Waals surface area contributed by atoms with E-state index in [9.17, 15) is 0 Å². The minimum Gasteiger partial charge on any atom is -0.0622 e. The highest BCUT2D eigenvalue weighted by molar-refractivity contribution is 9.15. The number of hydrogen-bond acceptors (Lipinski definition) is 0. The average molecular weight is 363 g/mol. The molecule has 0 atom stereocenters. The zero-order valence-corrected chi connectivity index (χ0v) is 15.0. The van der Waals surface area contributed by atoms with Crippen molar-refractivity contribution in [3.05, 3.63) is 107 Å². The minimum atomic E-state index is 1.12. The first-order valence-corrected chi connectivity index (χ1v) is 8.54. The first-order valence-electron chi connectivity index (χ1n) is 7.74. The fraction of sp³-hybridized carbons (Fsp3) is 0.0909. The molecule has 0 fully saturated rings. The Labute approximate surface area is 146 Å². The third-order valence-electron chi connectivity index (χ3n) is 3.93. The Morgan fingerprint density at radius 2 is 1.00 bits per heavy atom. The van der Waals surface area contributed by atoms with Gasteiger partial charge < -0.3 is 0 Å². The molecular weight excluding hydrogens is 344 g/mol. The summed E-state index contributed by atoms with van der Waals surface area (Å²) < 4.78 is 1.12. The molecule has 0 amide bonds. The lowest BCUT2D eigenvalue weighted by atomic mass is 9.95. The molecule has 0 aromatic heterocycles. The molecule has 0 aliphatic heterocycles. The van der Waals surface area contributed by atoms with Gasteiger partial charge in [0.25, 0.3) is 0 Å². The molecule has 23 heavy (non-hydrogen) atoms. The second-order valence-corrected chi connectivity index (χ2v) is 6.58. The van der Waals surface area contributed by atoms with Crippen molar-refractivity contribution >= 4 is 26.0 Å². The van der Waals surface area contributed by atoms with Gasteiger partial charge in [0.1, 0.15) is 0 Å². The van der Waals surface area contributed by atoms with Gasteiger partial charge in [-0.25, -0.2) is 0 Å². The summed E-state index contributed by atoms with van der Waals surface area (Å²) in [6.45, 7) is 4.23. The van der Waals surface area contributed by atoms with Crippen LogP contribution in [0.25, 0.3) is 10.1 Å². The van der Waals surface area contributed by atoms with Crippen LogP contribution in [0, 0.1) is 13.8 Å². The maximum absolute atomic E-state index is 3.85. The Balaban J connectivity index is 2.20. The molecule has 0 spiro atoms. The molecule has 3 rings (SSSR count). The molecule has 3 aromatic carbocycles. The van der Waals surface area contributed by atoms with Crippen LogP contribution in [-0.4, -0.2) is 0 Å². The molecule has 3 aromatic rings. The fourth-order valence-electron chi connectivity index (χ4n) is 2.59. The molecule has 0 unspecified atom stereocenters. The topological polar surface area (TPSA) is 0 Å². The van der Waals surface area contributed by atoms with Gasteiger partial charge in [0.15, 0.2) is 0 Å². The molecule has 0 aliphatic rings. The van der Waals surface area contributed by atoms with Crippen molar-refractivity contribution in [1.82, 2.24) is 0 Å². The highest BCUT2D eigenvalue weighted by atomic mass is 79.9. The Morgan fingerprint density at radius 1 is 0.565 bits per heavy atom. The quantitative estimate of drug-likeness (QED) is 0.459. The van der Waals surface area contributed by atoms with Crippen LogP contribution in [0.15, 0.2) is 78.9 Å². The van der Waals surface area contributed by atoms with Crippen LogP contribution in [0.5, 0.6) is 0 Å². The van der Waals surface area contributed by atoms with Gasteiger partial charge in [-0.05, 0) is 46.5 Å². The molecular formula is C22H19Br. The zero-order valence-electron chi connectivity index (χ0n) is 13.4. The van der Waals surface area contributed by atoms with Gasteiger partial charge in [-0.1, -0.05) is 90.0 Å². The van der Waals surface area contributed by atoms with Gasteiger partial charge in [0, 0.05) is 10.1 Å². The summed E-state index contributed by atoms with van der Waals surface area (Å²) >= 11 is 3.85. The highest BCUT2D eigenvalue weighted by Crippen LogP contribution is 2.36. The van der Waals surface area contributed by atoms with Crippen LogP contribution in [-0.2, 0) is 0 Å². The van der Waals surface area contributed by atoms with Crippen LogP contribution in [0.2, 0.25) is 0 Å². The van der Waals surface area contributed by atoms with Crippen LogP contribution >= 0.6 is 15.9 Å². The zero-order chi connectivity index (χ0) is 16.2. The first kappa shape index (κ1) is 15.8. The van der Waals surface area contributed by atoms with E-state index in [4.69, 9.17) is 0 Å². The minimum absolute atomic E-state index is 1.12. The Morgan fingerprint density at radius 3 is 1.52 bits per heavy atom. The third-order valence-corrected chi connectivity index (χ3v) is 4.78. The van der Waals surface area contributed by atoms with E-state index >= 15 is 0 Å². The Kier molecular flexibility index (Phi) is 4.78. The second-order valence-electron chi connectivity index (χ2n) is 5.79. The number of hydrogen-bond donors (Lipinski definition) is 0. The van der Waals surface area contributed by atoms with Crippen LogP contribution in [0.1, 0.15) is 27.8 Å². The number of aryl methyl sites for hydroxylation is 2. The first-order chi connectivity index (χ1) is 11.1. The van der Waals surface area contributed by atoms with E-state index in [2.05, 4.69) is 109 Å². The lowest BCUT2D eigenvalue weighted by Gasteiger charge is -2.13. The van der Waals surface area contributed by atoms with E-state index in [-0.39, 0.29) is 0 Å². The summed E-state index contributed by atoms with van der Waals surface area (Å²) in [5.74, 6) is 0. The lowest BCUT2D eigenvalue weighted by molar-refractivity contribution is 1.44. The fourth-order valence-corrected chi connectivity index (χ4v) is 3.31. The van der Waals surface area contributed by atoms with Gasteiger partial charge in [-0.3, -0.25) is 0 Å². The van der Waals surface area contributed by atoms with E-state index < -0.39 is 0 Å². The van der Waals surface area contributed by atoms with E-state index in [1.165, 1.54) is 33.4 Å². The van der Waals surface area contributed by atoms with E-state index in [0.717, 1.165) is 4.48 Å². The highest BCUT2D eigenvalue weighted by Gasteiger charge is 2.11. The van der Waals surface area contributed by atoms with Crippen LogP contribution in [0.4, 0.5) is 0 Å². The van der Waals surface area contributed by atoms with Crippen molar-refractivity contribution in [1.29, 1.82) is 0 Å². The van der Waals surface area contributed by atoms with Crippen molar-refractivity contribution in [2.24, 2.45) is 0 Å². The maximum atomic E-state index is 3.85. The molecule has 0 bridgehead atoms.